The summed E-state index contributed by atoms with van der Waals surface area (Å²) in [6, 6.07) is 0.0593. The van der Waals surface area contributed by atoms with Gasteiger partial charge in [-0.25, -0.2) is 0 Å². The zero-order valence-corrected chi connectivity index (χ0v) is 10.1. The zero-order chi connectivity index (χ0) is 11.4. The van der Waals surface area contributed by atoms with Crippen molar-refractivity contribution < 1.29 is 9.84 Å². The molecule has 3 N–H and O–H groups in total. The van der Waals surface area contributed by atoms with Crippen LogP contribution in [0.1, 0.15) is 40.5 Å². The molecular formula is C11H25NO2. The molecule has 0 radical (unpaired) electrons. The maximum absolute atomic E-state index is 9.02. The Morgan fingerprint density at radius 3 is 2.14 bits per heavy atom. The highest BCUT2D eigenvalue weighted by Gasteiger charge is 2.35. The summed E-state index contributed by atoms with van der Waals surface area (Å²) >= 11 is 0. The quantitative estimate of drug-likeness (QED) is 0.688. The third kappa shape index (κ3) is 3.95. The van der Waals surface area contributed by atoms with E-state index in [2.05, 4.69) is 6.92 Å². The summed E-state index contributed by atoms with van der Waals surface area (Å²) in [7, 11) is 1.71. The second kappa shape index (κ2) is 5.10. The SMILES string of the molecule is COC(C)(C)CC(C)(CCO)C(C)N. The summed E-state index contributed by atoms with van der Waals surface area (Å²) in [4.78, 5) is 0. The second-order valence-corrected chi connectivity index (χ2v) is 5.06. The molecule has 0 saturated heterocycles. The van der Waals surface area contributed by atoms with Gasteiger partial charge in [0.1, 0.15) is 0 Å². The lowest BCUT2D eigenvalue weighted by molar-refractivity contribution is -0.0271. The van der Waals surface area contributed by atoms with Crippen LogP contribution in [0.3, 0.4) is 0 Å². The van der Waals surface area contributed by atoms with Crippen LogP contribution in [0.2, 0.25) is 0 Å². The number of rotatable bonds is 6. The Balaban J connectivity index is 4.51. The van der Waals surface area contributed by atoms with Gasteiger partial charge in [0.25, 0.3) is 0 Å². The molecule has 0 saturated carbocycles. The van der Waals surface area contributed by atoms with E-state index in [0.29, 0.717) is 0 Å². The average Bonchev–Trinajstić information content (AvgIpc) is 2.03. The monoisotopic (exact) mass is 203 g/mol. The molecule has 0 fully saturated rings. The van der Waals surface area contributed by atoms with E-state index < -0.39 is 0 Å². The lowest BCUT2D eigenvalue weighted by Gasteiger charge is -2.39. The van der Waals surface area contributed by atoms with Crippen LogP contribution in [0.5, 0.6) is 0 Å². The van der Waals surface area contributed by atoms with Gasteiger partial charge in [-0.1, -0.05) is 6.92 Å². The van der Waals surface area contributed by atoms with E-state index in [1.54, 1.807) is 7.11 Å². The van der Waals surface area contributed by atoms with Crippen LogP contribution in [0, 0.1) is 5.41 Å². The molecule has 2 unspecified atom stereocenters. The summed E-state index contributed by atoms with van der Waals surface area (Å²) in [5, 5.41) is 9.02. The molecule has 0 spiro atoms. The predicted molar refractivity (Wildman–Crippen MR) is 59.2 cm³/mol. The number of aliphatic hydroxyl groups is 1. The third-order valence-electron chi connectivity index (χ3n) is 3.16. The molecule has 0 bridgehead atoms. The van der Waals surface area contributed by atoms with Gasteiger partial charge in [-0.3, -0.25) is 0 Å². The Labute approximate surface area is 87.6 Å². The van der Waals surface area contributed by atoms with Gasteiger partial charge in [-0.15, -0.1) is 0 Å². The van der Waals surface area contributed by atoms with Crippen LogP contribution in [-0.2, 0) is 4.74 Å². The van der Waals surface area contributed by atoms with E-state index in [0.717, 1.165) is 12.8 Å². The fourth-order valence-corrected chi connectivity index (χ4v) is 1.78. The fourth-order valence-electron chi connectivity index (χ4n) is 1.78. The first-order valence-electron chi connectivity index (χ1n) is 5.19. The maximum Gasteiger partial charge on any atom is 0.0628 e. The molecule has 14 heavy (non-hydrogen) atoms. The molecule has 0 amide bonds. The Morgan fingerprint density at radius 2 is 1.86 bits per heavy atom. The van der Waals surface area contributed by atoms with Crippen molar-refractivity contribution in [3.05, 3.63) is 0 Å². The minimum atomic E-state index is -0.183. The highest BCUT2D eigenvalue weighted by molar-refractivity contribution is 4.88. The number of hydrogen-bond donors (Lipinski definition) is 2. The standard InChI is InChI=1S/C11H25NO2/c1-9(12)11(4,6-7-13)8-10(2,3)14-5/h9,13H,6-8,12H2,1-5H3. The first-order chi connectivity index (χ1) is 6.27. The third-order valence-corrected chi connectivity index (χ3v) is 3.16. The number of methoxy groups -OCH3 is 1. The average molecular weight is 203 g/mol. The van der Waals surface area contributed by atoms with E-state index in [-0.39, 0.29) is 23.7 Å². The van der Waals surface area contributed by atoms with E-state index in [1.165, 1.54) is 0 Å². The lowest BCUT2D eigenvalue weighted by Crippen LogP contribution is -2.43. The van der Waals surface area contributed by atoms with Crippen molar-refractivity contribution in [3.63, 3.8) is 0 Å². The zero-order valence-electron chi connectivity index (χ0n) is 10.1. The Hall–Kier alpha value is -0.120. The number of ether oxygens (including phenoxy) is 1. The van der Waals surface area contributed by atoms with Gasteiger partial charge >= 0.3 is 0 Å². The second-order valence-electron chi connectivity index (χ2n) is 5.06. The molecule has 3 heteroatoms. The minimum Gasteiger partial charge on any atom is -0.396 e. The maximum atomic E-state index is 9.02. The van der Waals surface area contributed by atoms with E-state index >= 15 is 0 Å². The minimum absolute atomic E-state index is 0.0593. The molecule has 0 aliphatic rings. The van der Waals surface area contributed by atoms with Gasteiger partial charge < -0.3 is 15.6 Å². The largest absolute Gasteiger partial charge is 0.396 e. The van der Waals surface area contributed by atoms with Crippen LogP contribution in [0.25, 0.3) is 0 Å². The topological polar surface area (TPSA) is 55.5 Å². The van der Waals surface area contributed by atoms with Crippen molar-refractivity contribution in [2.24, 2.45) is 11.1 Å². The van der Waals surface area contributed by atoms with Gasteiger partial charge in [0.05, 0.1) is 5.60 Å². The van der Waals surface area contributed by atoms with Crippen molar-refractivity contribution in [1.82, 2.24) is 0 Å². The van der Waals surface area contributed by atoms with Crippen molar-refractivity contribution in [1.29, 1.82) is 0 Å². The molecule has 86 valence electrons. The normalized spacial score (nSPS) is 19.1. The van der Waals surface area contributed by atoms with Crippen molar-refractivity contribution in [2.45, 2.75) is 52.2 Å². The first-order valence-corrected chi connectivity index (χ1v) is 5.19. The highest BCUT2D eigenvalue weighted by Crippen LogP contribution is 2.35. The molecule has 0 aromatic rings. The molecule has 0 aromatic heterocycles. The highest BCUT2D eigenvalue weighted by atomic mass is 16.5. The van der Waals surface area contributed by atoms with E-state index in [4.69, 9.17) is 15.6 Å². The number of hydrogen-bond acceptors (Lipinski definition) is 3. The van der Waals surface area contributed by atoms with E-state index in [9.17, 15) is 0 Å². The smallest absolute Gasteiger partial charge is 0.0628 e. The Kier molecular flexibility index (Phi) is 5.06. The molecule has 0 aromatic carbocycles. The molecular weight excluding hydrogens is 178 g/mol. The summed E-state index contributed by atoms with van der Waals surface area (Å²) in [6.45, 7) is 8.36. The summed E-state index contributed by atoms with van der Waals surface area (Å²) in [5.74, 6) is 0. The molecule has 0 rings (SSSR count). The van der Waals surface area contributed by atoms with Gasteiger partial charge in [-0.2, -0.15) is 0 Å². The van der Waals surface area contributed by atoms with Crippen molar-refractivity contribution in [2.75, 3.05) is 13.7 Å². The number of nitrogens with two attached hydrogens (primary N) is 1. The fraction of sp³-hybridized carbons (Fsp3) is 1.00. The molecule has 0 aliphatic heterocycles. The van der Waals surface area contributed by atoms with Gasteiger partial charge in [-0.05, 0) is 39.0 Å². The van der Waals surface area contributed by atoms with Crippen LogP contribution in [0.15, 0.2) is 0 Å². The Bertz CT molecular complexity index is 169. The molecule has 0 aliphatic carbocycles. The Morgan fingerprint density at radius 1 is 1.36 bits per heavy atom. The van der Waals surface area contributed by atoms with Gasteiger partial charge in [0.15, 0.2) is 0 Å². The van der Waals surface area contributed by atoms with Crippen LogP contribution >= 0.6 is 0 Å². The summed E-state index contributed by atoms with van der Waals surface area (Å²) in [5.41, 5.74) is 5.71. The molecule has 0 heterocycles. The van der Waals surface area contributed by atoms with Gasteiger partial charge in [0, 0.05) is 19.8 Å². The van der Waals surface area contributed by atoms with Crippen molar-refractivity contribution >= 4 is 0 Å². The van der Waals surface area contributed by atoms with E-state index in [1.807, 2.05) is 20.8 Å². The van der Waals surface area contributed by atoms with Crippen molar-refractivity contribution in [3.8, 4) is 0 Å². The van der Waals surface area contributed by atoms with Crippen LogP contribution in [-0.4, -0.2) is 30.5 Å². The van der Waals surface area contributed by atoms with Gasteiger partial charge in [0.2, 0.25) is 0 Å². The molecule has 2 atom stereocenters. The lowest BCUT2D eigenvalue weighted by atomic mass is 9.73. The first kappa shape index (κ1) is 13.9. The van der Waals surface area contributed by atoms with Crippen LogP contribution < -0.4 is 5.73 Å². The summed E-state index contributed by atoms with van der Waals surface area (Å²) < 4.78 is 5.39. The number of aliphatic hydroxyl groups excluding tert-OH is 1. The predicted octanol–water partition coefficient (Wildman–Crippen LogP) is 1.54. The summed E-state index contributed by atoms with van der Waals surface area (Å²) in [6.07, 6.45) is 1.58. The van der Waals surface area contributed by atoms with Crippen LogP contribution in [0.4, 0.5) is 0 Å². The molecule has 3 nitrogen and oxygen atoms in total.